The topological polar surface area (TPSA) is 17.8 Å². The minimum atomic E-state index is -4.55. The number of imidazole rings is 1. The van der Waals surface area contributed by atoms with Crippen LogP contribution in [0.25, 0.3) is 11.4 Å². The van der Waals surface area contributed by atoms with Gasteiger partial charge in [-0.15, -0.1) is 11.6 Å². The normalized spacial score (nSPS) is 11.8. The van der Waals surface area contributed by atoms with E-state index in [1.165, 1.54) is 4.57 Å². The number of aromatic nitrogens is 2. The fourth-order valence-corrected chi connectivity index (χ4v) is 1.97. The Balaban J connectivity index is 2.44. The minimum Gasteiger partial charge on any atom is -0.328 e. The van der Waals surface area contributed by atoms with Crippen molar-refractivity contribution in [2.75, 3.05) is 6.67 Å². The van der Waals surface area contributed by atoms with Gasteiger partial charge in [-0.1, -0.05) is 24.3 Å². The van der Waals surface area contributed by atoms with Gasteiger partial charge in [0.15, 0.2) is 5.69 Å². The van der Waals surface area contributed by atoms with E-state index in [1.54, 1.807) is 24.3 Å². The van der Waals surface area contributed by atoms with Crippen molar-refractivity contribution in [3.63, 3.8) is 0 Å². The van der Waals surface area contributed by atoms with Gasteiger partial charge in [0.1, 0.15) is 12.5 Å². The van der Waals surface area contributed by atoms with Gasteiger partial charge in [-0.05, 0) is 5.56 Å². The first kappa shape index (κ1) is 14.8. The maximum Gasteiger partial charge on any atom is 0.434 e. The molecule has 0 saturated carbocycles. The first-order valence-electron chi connectivity index (χ1n) is 5.81. The molecule has 0 aliphatic carbocycles. The summed E-state index contributed by atoms with van der Waals surface area (Å²) in [6.45, 7) is -0.934. The second-order valence-electron chi connectivity index (χ2n) is 4.16. The number of benzene rings is 1. The molecule has 1 heterocycles. The van der Waals surface area contributed by atoms with E-state index in [1.807, 2.05) is 0 Å². The van der Waals surface area contributed by atoms with Crippen LogP contribution in [0.5, 0.6) is 0 Å². The van der Waals surface area contributed by atoms with E-state index in [9.17, 15) is 17.6 Å². The maximum absolute atomic E-state index is 12.7. The third kappa shape index (κ3) is 3.12. The smallest absolute Gasteiger partial charge is 0.328 e. The zero-order valence-electron chi connectivity index (χ0n) is 10.3. The second-order valence-corrected chi connectivity index (χ2v) is 4.43. The van der Waals surface area contributed by atoms with E-state index in [0.717, 1.165) is 11.8 Å². The van der Waals surface area contributed by atoms with Gasteiger partial charge in [0.05, 0.1) is 6.54 Å². The van der Waals surface area contributed by atoms with Gasteiger partial charge in [0.25, 0.3) is 0 Å². The van der Waals surface area contributed by atoms with Crippen molar-refractivity contribution >= 4 is 11.6 Å². The Labute approximate surface area is 118 Å². The SMILES string of the molecule is FCCn1cc(C(F)(F)F)nc1-c1ccc(CCl)cc1. The van der Waals surface area contributed by atoms with E-state index < -0.39 is 18.5 Å². The van der Waals surface area contributed by atoms with Gasteiger partial charge >= 0.3 is 6.18 Å². The maximum atomic E-state index is 12.7. The average molecular weight is 307 g/mol. The fraction of sp³-hybridized carbons (Fsp3) is 0.308. The molecule has 0 saturated heterocycles. The lowest BCUT2D eigenvalue weighted by atomic mass is 10.1. The lowest BCUT2D eigenvalue weighted by molar-refractivity contribution is -0.140. The molecular weight excluding hydrogens is 296 g/mol. The van der Waals surface area contributed by atoms with Crippen LogP contribution in [0.15, 0.2) is 30.5 Å². The molecule has 20 heavy (non-hydrogen) atoms. The summed E-state index contributed by atoms with van der Waals surface area (Å²) in [4.78, 5) is 3.56. The van der Waals surface area contributed by atoms with E-state index >= 15 is 0 Å². The molecule has 0 N–H and O–H groups in total. The second kappa shape index (κ2) is 5.83. The predicted octanol–water partition coefficient (Wildman–Crippen LogP) is 4.28. The van der Waals surface area contributed by atoms with Crippen LogP contribution >= 0.6 is 11.6 Å². The average Bonchev–Trinajstić information content (AvgIpc) is 2.83. The summed E-state index contributed by atoms with van der Waals surface area (Å²) in [7, 11) is 0. The number of aryl methyl sites for hydroxylation is 1. The van der Waals surface area contributed by atoms with Crippen molar-refractivity contribution in [3.8, 4) is 11.4 Å². The summed E-state index contributed by atoms with van der Waals surface area (Å²) in [5, 5.41) is 0. The lowest BCUT2D eigenvalue weighted by Gasteiger charge is -2.05. The van der Waals surface area contributed by atoms with Crippen LogP contribution in [0.1, 0.15) is 11.3 Å². The summed E-state index contributed by atoms with van der Waals surface area (Å²) < 4.78 is 51.6. The van der Waals surface area contributed by atoms with Crippen molar-refractivity contribution in [1.29, 1.82) is 0 Å². The molecule has 0 aliphatic rings. The Morgan fingerprint density at radius 2 is 1.80 bits per heavy atom. The lowest BCUT2D eigenvalue weighted by Crippen LogP contribution is -2.05. The Kier molecular flexibility index (Phi) is 4.32. The van der Waals surface area contributed by atoms with Crippen LogP contribution in [-0.2, 0) is 18.6 Å². The molecule has 0 radical (unpaired) electrons. The van der Waals surface area contributed by atoms with Gasteiger partial charge in [0, 0.05) is 17.6 Å². The highest BCUT2D eigenvalue weighted by atomic mass is 35.5. The van der Waals surface area contributed by atoms with Crippen LogP contribution in [0.4, 0.5) is 17.6 Å². The molecule has 0 fully saturated rings. The van der Waals surface area contributed by atoms with Crippen molar-refractivity contribution in [2.45, 2.75) is 18.6 Å². The first-order valence-corrected chi connectivity index (χ1v) is 6.34. The standard InChI is InChI=1S/C13H11ClF4N2/c14-7-9-1-3-10(4-2-9)12-19-11(13(16,17)18)8-20(12)6-5-15/h1-4,8H,5-7H2. The summed E-state index contributed by atoms with van der Waals surface area (Å²) in [5.41, 5.74) is 0.306. The molecule has 108 valence electrons. The number of hydrogen-bond donors (Lipinski definition) is 0. The summed E-state index contributed by atoms with van der Waals surface area (Å²) in [6.07, 6.45) is -3.73. The predicted molar refractivity (Wildman–Crippen MR) is 68.2 cm³/mol. The molecule has 0 bridgehead atoms. The van der Waals surface area contributed by atoms with Gasteiger partial charge in [-0.25, -0.2) is 9.37 Å². The molecule has 0 atom stereocenters. The Morgan fingerprint density at radius 1 is 1.15 bits per heavy atom. The van der Waals surface area contributed by atoms with Crippen LogP contribution in [0.3, 0.4) is 0 Å². The molecule has 2 rings (SSSR count). The summed E-state index contributed by atoms with van der Waals surface area (Å²) in [6, 6.07) is 6.64. The molecule has 0 aliphatic heterocycles. The molecular formula is C13H11ClF4N2. The van der Waals surface area contributed by atoms with Crippen molar-refractivity contribution in [1.82, 2.24) is 9.55 Å². The van der Waals surface area contributed by atoms with E-state index in [4.69, 9.17) is 11.6 Å². The van der Waals surface area contributed by atoms with Crippen LogP contribution in [0.2, 0.25) is 0 Å². The largest absolute Gasteiger partial charge is 0.434 e. The molecule has 0 unspecified atom stereocenters. The Hall–Kier alpha value is -1.56. The highest BCUT2D eigenvalue weighted by Gasteiger charge is 2.34. The van der Waals surface area contributed by atoms with Crippen molar-refractivity contribution in [2.24, 2.45) is 0 Å². The third-order valence-corrected chi connectivity index (χ3v) is 3.07. The van der Waals surface area contributed by atoms with E-state index in [0.29, 0.717) is 11.4 Å². The number of halogens is 5. The quantitative estimate of drug-likeness (QED) is 0.609. The Bertz CT molecular complexity index is 575. The molecule has 0 spiro atoms. The zero-order chi connectivity index (χ0) is 14.8. The van der Waals surface area contributed by atoms with Crippen molar-refractivity contribution in [3.05, 3.63) is 41.7 Å². The number of hydrogen-bond acceptors (Lipinski definition) is 1. The highest BCUT2D eigenvalue weighted by Crippen LogP contribution is 2.31. The zero-order valence-corrected chi connectivity index (χ0v) is 11.0. The molecule has 0 amide bonds. The highest BCUT2D eigenvalue weighted by molar-refractivity contribution is 6.17. The molecule has 1 aromatic heterocycles. The van der Waals surface area contributed by atoms with Gasteiger partial charge in [-0.3, -0.25) is 0 Å². The Morgan fingerprint density at radius 3 is 2.30 bits per heavy atom. The number of rotatable bonds is 4. The van der Waals surface area contributed by atoms with Crippen LogP contribution < -0.4 is 0 Å². The van der Waals surface area contributed by atoms with Gasteiger partial charge in [-0.2, -0.15) is 13.2 Å². The summed E-state index contributed by atoms with van der Waals surface area (Å²) in [5.74, 6) is 0.406. The fourth-order valence-electron chi connectivity index (χ4n) is 1.79. The molecule has 2 nitrogen and oxygen atoms in total. The van der Waals surface area contributed by atoms with E-state index in [2.05, 4.69) is 4.98 Å². The van der Waals surface area contributed by atoms with Gasteiger partial charge in [0.2, 0.25) is 0 Å². The number of alkyl halides is 5. The van der Waals surface area contributed by atoms with E-state index in [-0.39, 0.29) is 12.4 Å². The monoisotopic (exact) mass is 306 g/mol. The van der Waals surface area contributed by atoms with Gasteiger partial charge < -0.3 is 4.57 Å². The molecule has 2 aromatic rings. The summed E-state index contributed by atoms with van der Waals surface area (Å²) >= 11 is 5.65. The minimum absolute atomic E-state index is 0.0936. The first-order chi connectivity index (χ1) is 9.45. The molecule has 1 aromatic carbocycles. The third-order valence-electron chi connectivity index (χ3n) is 2.76. The van der Waals surface area contributed by atoms with Crippen LogP contribution in [0, 0.1) is 0 Å². The molecule has 7 heteroatoms. The number of nitrogens with zero attached hydrogens (tertiary/aromatic N) is 2. The van der Waals surface area contributed by atoms with Crippen LogP contribution in [-0.4, -0.2) is 16.2 Å². The van der Waals surface area contributed by atoms with Crippen molar-refractivity contribution < 1.29 is 17.6 Å².